The quantitative estimate of drug-likeness (QED) is 0.344. The van der Waals surface area contributed by atoms with E-state index in [1.807, 2.05) is 36.6 Å². The van der Waals surface area contributed by atoms with Crippen LogP contribution in [0.3, 0.4) is 0 Å². The highest BCUT2D eigenvalue weighted by atomic mass is 32.2. The van der Waals surface area contributed by atoms with Crippen LogP contribution in [0.1, 0.15) is 25.3 Å². The van der Waals surface area contributed by atoms with E-state index >= 15 is 0 Å². The van der Waals surface area contributed by atoms with E-state index in [4.69, 9.17) is 4.74 Å². The topological polar surface area (TPSA) is 51.2 Å². The van der Waals surface area contributed by atoms with Crippen molar-refractivity contribution in [3.05, 3.63) is 59.5 Å². The van der Waals surface area contributed by atoms with Crippen LogP contribution >= 0.6 is 23.1 Å². The van der Waals surface area contributed by atoms with Crippen LogP contribution < -0.4 is 10.1 Å². The minimum absolute atomic E-state index is 0.0112. The summed E-state index contributed by atoms with van der Waals surface area (Å²) in [6.45, 7) is 4.69. The van der Waals surface area contributed by atoms with Crippen molar-refractivity contribution < 1.29 is 9.53 Å². The number of thioether (sulfide) groups is 1. The first-order valence-electron chi connectivity index (χ1n) is 9.32. The summed E-state index contributed by atoms with van der Waals surface area (Å²) in [4.78, 5) is 17.9. The van der Waals surface area contributed by atoms with Crippen LogP contribution in [0.25, 0.3) is 11.3 Å². The number of hydrogen-bond donors (Lipinski definition) is 1. The molecule has 146 valence electrons. The summed E-state index contributed by atoms with van der Waals surface area (Å²) in [7, 11) is 0. The maximum atomic E-state index is 12.2. The van der Waals surface area contributed by atoms with Crippen LogP contribution in [0.5, 0.6) is 5.75 Å². The summed E-state index contributed by atoms with van der Waals surface area (Å²) < 4.78 is 5.46. The zero-order valence-electron chi connectivity index (χ0n) is 16.1. The molecule has 0 aliphatic heterocycles. The van der Waals surface area contributed by atoms with Gasteiger partial charge in [0.1, 0.15) is 5.75 Å². The minimum atomic E-state index is 0.0112. The van der Waals surface area contributed by atoms with Gasteiger partial charge in [-0.1, -0.05) is 17.7 Å². The molecule has 6 heteroatoms. The van der Waals surface area contributed by atoms with Gasteiger partial charge in [0.05, 0.1) is 12.3 Å². The summed E-state index contributed by atoms with van der Waals surface area (Å²) in [6, 6.07) is 16.3. The van der Waals surface area contributed by atoms with Crippen molar-refractivity contribution in [3.63, 3.8) is 0 Å². The number of aryl methyl sites for hydroxylation is 1. The van der Waals surface area contributed by atoms with Gasteiger partial charge in [0.25, 0.3) is 0 Å². The summed E-state index contributed by atoms with van der Waals surface area (Å²) in [5.74, 6) is 1.78. The molecular formula is C22H24N2O2S2. The SMILES string of the molecule is CCOc1ccc(-c2csc(NC(=O)CCCSc3ccc(C)cc3)n2)cc1. The molecule has 4 nitrogen and oxygen atoms in total. The van der Waals surface area contributed by atoms with Gasteiger partial charge in [-0.25, -0.2) is 4.98 Å². The average molecular weight is 413 g/mol. The van der Waals surface area contributed by atoms with Crippen LogP contribution in [-0.4, -0.2) is 23.3 Å². The predicted octanol–water partition coefficient (Wildman–Crippen LogP) is 6.03. The molecule has 0 aliphatic carbocycles. The van der Waals surface area contributed by atoms with Crippen LogP contribution in [0.4, 0.5) is 5.13 Å². The second-order valence-corrected chi connectivity index (χ2v) is 8.33. The van der Waals surface area contributed by atoms with E-state index in [0.717, 1.165) is 29.2 Å². The number of aromatic nitrogens is 1. The van der Waals surface area contributed by atoms with Gasteiger partial charge >= 0.3 is 0 Å². The summed E-state index contributed by atoms with van der Waals surface area (Å²) in [6.07, 6.45) is 1.33. The largest absolute Gasteiger partial charge is 0.494 e. The zero-order valence-corrected chi connectivity index (χ0v) is 17.7. The Morgan fingerprint density at radius 3 is 2.61 bits per heavy atom. The number of anilines is 1. The van der Waals surface area contributed by atoms with Gasteiger partial charge in [-0.05, 0) is 62.4 Å². The molecule has 1 aromatic heterocycles. The fourth-order valence-corrected chi connectivity index (χ4v) is 4.18. The van der Waals surface area contributed by atoms with Crippen LogP contribution in [0.2, 0.25) is 0 Å². The molecule has 0 aliphatic rings. The maximum Gasteiger partial charge on any atom is 0.226 e. The number of benzene rings is 2. The Balaban J connectivity index is 1.43. The van der Waals surface area contributed by atoms with Crippen LogP contribution in [0, 0.1) is 6.92 Å². The van der Waals surface area contributed by atoms with Gasteiger partial charge in [0.2, 0.25) is 5.91 Å². The Bertz CT molecular complexity index is 890. The van der Waals surface area contributed by atoms with Crippen LogP contribution in [0.15, 0.2) is 58.8 Å². The number of nitrogens with zero attached hydrogens (tertiary/aromatic N) is 1. The molecule has 1 amide bonds. The van der Waals surface area contributed by atoms with E-state index < -0.39 is 0 Å². The fraction of sp³-hybridized carbons (Fsp3) is 0.273. The molecule has 0 atom stereocenters. The molecule has 0 fully saturated rings. The summed E-state index contributed by atoms with van der Waals surface area (Å²) in [5.41, 5.74) is 3.13. The number of rotatable bonds is 9. The van der Waals surface area contributed by atoms with Gasteiger partial charge in [-0.15, -0.1) is 23.1 Å². The Kier molecular flexibility index (Phi) is 7.51. The first kappa shape index (κ1) is 20.4. The zero-order chi connectivity index (χ0) is 19.8. The first-order chi connectivity index (χ1) is 13.6. The lowest BCUT2D eigenvalue weighted by Crippen LogP contribution is -2.11. The molecule has 0 saturated heterocycles. The third-order valence-electron chi connectivity index (χ3n) is 4.05. The van der Waals surface area contributed by atoms with Gasteiger partial charge < -0.3 is 10.1 Å². The predicted molar refractivity (Wildman–Crippen MR) is 118 cm³/mol. The van der Waals surface area contributed by atoms with Crippen LogP contribution in [-0.2, 0) is 4.79 Å². The van der Waals surface area contributed by atoms with Crippen molar-refractivity contribution in [3.8, 4) is 17.0 Å². The normalized spacial score (nSPS) is 10.6. The lowest BCUT2D eigenvalue weighted by molar-refractivity contribution is -0.116. The molecule has 0 unspecified atom stereocenters. The molecule has 2 aromatic carbocycles. The van der Waals surface area contributed by atoms with Crippen molar-refractivity contribution in [2.75, 3.05) is 17.7 Å². The van der Waals surface area contributed by atoms with Gasteiger partial charge in [0, 0.05) is 22.3 Å². The van der Waals surface area contributed by atoms with E-state index in [1.54, 1.807) is 11.8 Å². The lowest BCUT2D eigenvalue weighted by Gasteiger charge is -2.04. The van der Waals surface area contributed by atoms with Crippen molar-refractivity contribution in [2.24, 2.45) is 0 Å². The van der Waals surface area contributed by atoms with Gasteiger partial charge in [-0.3, -0.25) is 4.79 Å². The number of thiazole rings is 1. The number of nitrogens with one attached hydrogen (secondary N) is 1. The van der Waals surface area contributed by atoms with E-state index in [1.165, 1.54) is 21.8 Å². The monoisotopic (exact) mass is 412 g/mol. The van der Waals surface area contributed by atoms with Crippen molar-refractivity contribution in [1.29, 1.82) is 0 Å². The molecule has 3 aromatic rings. The molecule has 0 saturated carbocycles. The summed E-state index contributed by atoms with van der Waals surface area (Å²) >= 11 is 3.23. The second kappa shape index (κ2) is 10.3. The number of carbonyl (C=O) groups excluding carboxylic acids is 1. The smallest absolute Gasteiger partial charge is 0.226 e. The first-order valence-corrected chi connectivity index (χ1v) is 11.2. The third kappa shape index (κ3) is 6.11. The molecule has 1 N–H and O–H groups in total. The maximum absolute atomic E-state index is 12.2. The number of amides is 1. The number of hydrogen-bond acceptors (Lipinski definition) is 5. The van der Waals surface area contributed by atoms with Crippen molar-refractivity contribution in [1.82, 2.24) is 4.98 Å². The van der Waals surface area contributed by atoms with Gasteiger partial charge in [-0.2, -0.15) is 0 Å². The highest BCUT2D eigenvalue weighted by Crippen LogP contribution is 2.27. The Morgan fingerprint density at radius 2 is 1.89 bits per heavy atom. The second-order valence-electron chi connectivity index (χ2n) is 6.31. The number of ether oxygens (including phenoxy) is 1. The molecular weight excluding hydrogens is 388 g/mol. The fourth-order valence-electron chi connectivity index (χ4n) is 2.59. The summed E-state index contributed by atoms with van der Waals surface area (Å²) in [5, 5.41) is 5.50. The highest BCUT2D eigenvalue weighted by Gasteiger charge is 2.08. The van der Waals surface area contributed by atoms with Crippen molar-refractivity contribution in [2.45, 2.75) is 31.6 Å². The molecule has 1 heterocycles. The molecule has 0 radical (unpaired) electrons. The molecule has 28 heavy (non-hydrogen) atoms. The molecule has 0 spiro atoms. The Morgan fingerprint density at radius 1 is 1.14 bits per heavy atom. The van der Waals surface area contributed by atoms with Gasteiger partial charge in [0.15, 0.2) is 5.13 Å². The Hall–Kier alpha value is -2.31. The van der Waals surface area contributed by atoms with E-state index in [2.05, 4.69) is 41.5 Å². The molecule has 0 bridgehead atoms. The van der Waals surface area contributed by atoms with Crippen molar-refractivity contribution >= 4 is 34.1 Å². The molecule has 3 rings (SSSR count). The average Bonchev–Trinajstić information content (AvgIpc) is 3.16. The highest BCUT2D eigenvalue weighted by molar-refractivity contribution is 7.99. The standard InChI is InChI=1S/C22H24N2O2S2/c1-3-26-18-10-8-17(9-11-18)20-15-28-22(23-20)24-21(25)5-4-14-27-19-12-6-16(2)7-13-19/h6-13,15H,3-5,14H2,1-2H3,(H,23,24,25). The van der Waals surface area contributed by atoms with E-state index in [0.29, 0.717) is 18.2 Å². The Labute approximate surface area is 174 Å². The van der Waals surface area contributed by atoms with E-state index in [9.17, 15) is 4.79 Å². The third-order valence-corrected chi connectivity index (χ3v) is 5.91. The van der Waals surface area contributed by atoms with E-state index in [-0.39, 0.29) is 5.91 Å². The number of carbonyl (C=O) groups is 1. The lowest BCUT2D eigenvalue weighted by atomic mass is 10.2. The minimum Gasteiger partial charge on any atom is -0.494 e.